The lowest BCUT2D eigenvalue weighted by Gasteiger charge is -2.20. The fraction of sp³-hybridized carbons (Fsp3) is 0.412. The van der Waals surface area contributed by atoms with Crippen molar-refractivity contribution in [2.24, 2.45) is 0 Å². The van der Waals surface area contributed by atoms with Crippen LogP contribution in [0.25, 0.3) is 0 Å². The summed E-state index contributed by atoms with van der Waals surface area (Å²) in [4.78, 5) is 14.9. The van der Waals surface area contributed by atoms with Crippen molar-refractivity contribution in [3.63, 3.8) is 0 Å². The number of rotatable bonds is 6. The largest absolute Gasteiger partial charge is 0.363 e. The van der Waals surface area contributed by atoms with Gasteiger partial charge in [-0.25, -0.2) is 9.97 Å². The number of benzene rings is 1. The second kappa shape index (κ2) is 7.22. The minimum absolute atomic E-state index is 0.825. The molecule has 0 unspecified atom stereocenters. The molecule has 0 N–H and O–H groups in total. The SMILES string of the molecule is CN(C)Cc1cccc(CN(C)c2cc(N(C)C)ncn2)c1. The highest BCUT2D eigenvalue weighted by Crippen LogP contribution is 2.17. The van der Waals surface area contributed by atoms with Gasteiger partial charge in [0.2, 0.25) is 0 Å². The molecule has 2 rings (SSSR count). The maximum Gasteiger partial charge on any atom is 0.134 e. The molecule has 1 aromatic carbocycles. The van der Waals surface area contributed by atoms with Gasteiger partial charge in [0, 0.05) is 40.3 Å². The minimum atomic E-state index is 0.825. The topological polar surface area (TPSA) is 35.5 Å². The van der Waals surface area contributed by atoms with E-state index in [4.69, 9.17) is 0 Å². The number of hydrogen-bond acceptors (Lipinski definition) is 5. The van der Waals surface area contributed by atoms with Gasteiger partial charge in [0.05, 0.1) is 0 Å². The second-order valence-electron chi connectivity index (χ2n) is 6.04. The van der Waals surface area contributed by atoms with Crippen molar-refractivity contribution in [3.8, 4) is 0 Å². The summed E-state index contributed by atoms with van der Waals surface area (Å²) in [6.07, 6.45) is 1.61. The summed E-state index contributed by atoms with van der Waals surface area (Å²) in [5.74, 6) is 1.84. The summed E-state index contributed by atoms with van der Waals surface area (Å²) in [6, 6.07) is 10.7. The van der Waals surface area contributed by atoms with Crippen molar-refractivity contribution in [1.29, 1.82) is 0 Å². The van der Waals surface area contributed by atoms with Crippen molar-refractivity contribution in [3.05, 3.63) is 47.8 Å². The standard InChI is InChI=1S/C17H25N5/c1-20(2)11-14-7-6-8-15(9-14)12-22(5)17-10-16(21(3)4)18-13-19-17/h6-10,13H,11-12H2,1-5H3. The van der Waals surface area contributed by atoms with Gasteiger partial charge in [-0.15, -0.1) is 0 Å². The zero-order chi connectivity index (χ0) is 16.1. The molecule has 118 valence electrons. The van der Waals surface area contributed by atoms with Gasteiger partial charge in [-0.1, -0.05) is 24.3 Å². The zero-order valence-corrected chi connectivity index (χ0v) is 14.1. The Labute approximate surface area is 133 Å². The average molecular weight is 299 g/mol. The molecule has 0 saturated heterocycles. The molecule has 22 heavy (non-hydrogen) atoms. The van der Waals surface area contributed by atoms with Crippen molar-refractivity contribution in [1.82, 2.24) is 14.9 Å². The van der Waals surface area contributed by atoms with Gasteiger partial charge in [0.25, 0.3) is 0 Å². The van der Waals surface area contributed by atoms with Gasteiger partial charge in [0.1, 0.15) is 18.0 Å². The maximum atomic E-state index is 4.37. The molecule has 0 atom stereocenters. The Balaban J connectivity index is 2.11. The van der Waals surface area contributed by atoms with Crippen molar-refractivity contribution < 1.29 is 0 Å². The molecule has 0 spiro atoms. The first kappa shape index (κ1) is 16.2. The summed E-state index contributed by atoms with van der Waals surface area (Å²) >= 11 is 0. The van der Waals surface area contributed by atoms with Gasteiger partial charge >= 0.3 is 0 Å². The first-order valence-corrected chi connectivity index (χ1v) is 7.39. The molecule has 0 bridgehead atoms. The van der Waals surface area contributed by atoms with E-state index in [-0.39, 0.29) is 0 Å². The summed E-state index contributed by atoms with van der Waals surface area (Å²) in [6.45, 7) is 1.78. The lowest BCUT2D eigenvalue weighted by Crippen LogP contribution is -2.19. The summed E-state index contributed by atoms with van der Waals surface area (Å²) in [5, 5.41) is 0. The normalized spacial score (nSPS) is 10.8. The maximum absolute atomic E-state index is 4.37. The van der Waals surface area contributed by atoms with E-state index < -0.39 is 0 Å². The number of aromatic nitrogens is 2. The molecule has 1 aromatic heterocycles. The van der Waals surface area contributed by atoms with Gasteiger partial charge in [-0.3, -0.25) is 0 Å². The van der Waals surface area contributed by atoms with Crippen molar-refractivity contribution >= 4 is 11.6 Å². The third kappa shape index (κ3) is 4.43. The first-order chi connectivity index (χ1) is 10.5. The van der Waals surface area contributed by atoms with E-state index in [1.165, 1.54) is 11.1 Å². The lowest BCUT2D eigenvalue weighted by molar-refractivity contribution is 0.402. The van der Waals surface area contributed by atoms with Crippen molar-refractivity contribution in [2.45, 2.75) is 13.1 Å². The molecule has 0 radical (unpaired) electrons. The average Bonchev–Trinajstić information content (AvgIpc) is 2.47. The summed E-state index contributed by atoms with van der Waals surface area (Å²) in [5.41, 5.74) is 2.61. The van der Waals surface area contributed by atoms with E-state index in [2.05, 4.69) is 65.2 Å². The van der Waals surface area contributed by atoms with Crippen LogP contribution < -0.4 is 9.80 Å². The van der Waals surface area contributed by atoms with Crippen LogP contribution in [0.5, 0.6) is 0 Å². The fourth-order valence-electron chi connectivity index (χ4n) is 2.34. The van der Waals surface area contributed by atoms with Crippen LogP contribution in [0.3, 0.4) is 0 Å². The Bertz CT molecular complexity index is 610. The van der Waals surface area contributed by atoms with E-state index in [1.54, 1.807) is 6.33 Å². The molecular weight excluding hydrogens is 274 g/mol. The van der Waals surface area contributed by atoms with Gasteiger partial charge in [0.15, 0.2) is 0 Å². The van der Waals surface area contributed by atoms with E-state index in [9.17, 15) is 0 Å². The number of nitrogens with zero attached hydrogens (tertiary/aromatic N) is 5. The van der Waals surface area contributed by atoms with E-state index in [1.807, 2.05) is 25.1 Å². The number of anilines is 2. The highest BCUT2D eigenvalue weighted by Gasteiger charge is 2.07. The molecule has 0 amide bonds. The summed E-state index contributed by atoms with van der Waals surface area (Å²) < 4.78 is 0. The molecule has 0 aliphatic carbocycles. The monoisotopic (exact) mass is 299 g/mol. The van der Waals surface area contributed by atoms with Gasteiger partial charge < -0.3 is 14.7 Å². The fourth-order valence-corrected chi connectivity index (χ4v) is 2.34. The van der Waals surface area contributed by atoms with Crippen LogP contribution in [0.1, 0.15) is 11.1 Å². The van der Waals surface area contributed by atoms with Crippen LogP contribution in [0, 0.1) is 0 Å². The molecule has 0 aliphatic rings. The predicted octanol–water partition coefficient (Wildman–Crippen LogP) is 2.24. The smallest absolute Gasteiger partial charge is 0.134 e. The Morgan fingerprint density at radius 1 is 0.818 bits per heavy atom. The Morgan fingerprint density at radius 2 is 1.45 bits per heavy atom. The molecule has 1 heterocycles. The van der Waals surface area contributed by atoms with Crippen molar-refractivity contribution in [2.75, 3.05) is 45.0 Å². The Kier molecular flexibility index (Phi) is 5.33. The molecular formula is C17H25N5. The molecule has 0 aliphatic heterocycles. The lowest BCUT2D eigenvalue weighted by atomic mass is 10.1. The van der Waals surface area contributed by atoms with Crippen LogP contribution in [-0.4, -0.2) is 50.1 Å². The van der Waals surface area contributed by atoms with Gasteiger partial charge in [-0.05, 0) is 25.2 Å². The molecule has 0 fully saturated rings. The quantitative estimate of drug-likeness (QED) is 0.817. The second-order valence-corrected chi connectivity index (χ2v) is 6.04. The highest BCUT2D eigenvalue weighted by atomic mass is 15.2. The van der Waals surface area contributed by atoms with Crippen LogP contribution in [0.15, 0.2) is 36.7 Å². The van der Waals surface area contributed by atoms with E-state index >= 15 is 0 Å². The number of hydrogen-bond donors (Lipinski definition) is 0. The summed E-state index contributed by atoms with van der Waals surface area (Å²) in [7, 11) is 10.2. The molecule has 5 nitrogen and oxygen atoms in total. The van der Waals surface area contributed by atoms with E-state index in [0.29, 0.717) is 0 Å². The van der Waals surface area contributed by atoms with Crippen LogP contribution in [0.2, 0.25) is 0 Å². The van der Waals surface area contributed by atoms with E-state index in [0.717, 1.165) is 24.7 Å². The first-order valence-electron chi connectivity index (χ1n) is 7.39. The molecule has 0 saturated carbocycles. The zero-order valence-electron chi connectivity index (χ0n) is 14.1. The van der Waals surface area contributed by atoms with Gasteiger partial charge in [-0.2, -0.15) is 0 Å². The van der Waals surface area contributed by atoms with Crippen LogP contribution in [-0.2, 0) is 13.1 Å². The molecule has 5 heteroatoms. The molecule has 2 aromatic rings. The minimum Gasteiger partial charge on any atom is -0.363 e. The highest BCUT2D eigenvalue weighted by molar-refractivity contribution is 5.49. The Morgan fingerprint density at radius 3 is 2.09 bits per heavy atom. The Hall–Kier alpha value is -2.14. The van der Waals surface area contributed by atoms with Crippen LogP contribution in [0.4, 0.5) is 11.6 Å². The third-order valence-corrected chi connectivity index (χ3v) is 3.40. The third-order valence-electron chi connectivity index (χ3n) is 3.40. The van der Waals surface area contributed by atoms with Crippen LogP contribution >= 0.6 is 0 Å². The predicted molar refractivity (Wildman–Crippen MR) is 92.3 cm³/mol.